The zero-order chi connectivity index (χ0) is 10.0. The molecule has 0 bridgehead atoms. The van der Waals surface area contributed by atoms with Crippen LogP contribution >= 0.6 is 0 Å². The van der Waals surface area contributed by atoms with Gasteiger partial charge in [0.2, 0.25) is 19.2 Å². The van der Waals surface area contributed by atoms with Crippen molar-refractivity contribution >= 4 is 19.2 Å². The van der Waals surface area contributed by atoms with Crippen LogP contribution in [-0.2, 0) is 9.59 Å². The monoisotopic (exact) mass is 181 g/mol. The van der Waals surface area contributed by atoms with E-state index in [4.69, 9.17) is 0 Å². The van der Waals surface area contributed by atoms with Crippen LogP contribution in [0.5, 0.6) is 0 Å². The van der Waals surface area contributed by atoms with Crippen molar-refractivity contribution in [3.63, 3.8) is 0 Å². The van der Waals surface area contributed by atoms with Crippen LogP contribution in [0.3, 0.4) is 0 Å². The molecular weight excluding hydrogens is 165 g/mol. The molecular formula is C9H16BNO2. The zero-order valence-electron chi connectivity index (χ0n) is 8.54. The average molecular weight is 181 g/mol. The van der Waals surface area contributed by atoms with E-state index in [1.807, 2.05) is 13.7 Å². The van der Waals surface area contributed by atoms with Gasteiger partial charge in [-0.15, -0.1) is 0 Å². The Balaban J connectivity index is 2.72. The predicted molar refractivity (Wildman–Crippen MR) is 52.4 cm³/mol. The second-order valence-corrected chi connectivity index (χ2v) is 3.67. The van der Waals surface area contributed by atoms with Crippen molar-refractivity contribution in [2.24, 2.45) is 11.8 Å². The van der Waals surface area contributed by atoms with Crippen LogP contribution < -0.4 is 0 Å². The first kappa shape index (κ1) is 10.3. The fourth-order valence-electron chi connectivity index (χ4n) is 1.77. The van der Waals surface area contributed by atoms with Crippen molar-refractivity contribution in [2.45, 2.75) is 33.5 Å². The zero-order valence-corrected chi connectivity index (χ0v) is 8.54. The van der Waals surface area contributed by atoms with Gasteiger partial charge in [0.1, 0.15) is 0 Å². The molecule has 3 nitrogen and oxygen atoms in total. The topological polar surface area (TPSA) is 37.4 Å². The molecule has 1 aliphatic heterocycles. The van der Waals surface area contributed by atoms with Crippen LogP contribution in [0.2, 0.25) is 6.82 Å². The van der Waals surface area contributed by atoms with Crippen molar-refractivity contribution in [1.29, 1.82) is 0 Å². The van der Waals surface area contributed by atoms with E-state index in [2.05, 4.69) is 6.92 Å². The molecule has 0 aliphatic carbocycles. The van der Waals surface area contributed by atoms with E-state index < -0.39 is 0 Å². The van der Waals surface area contributed by atoms with E-state index in [0.717, 1.165) is 6.42 Å². The highest BCUT2D eigenvalue weighted by Crippen LogP contribution is 2.27. The summed E-state index contributed by atoms with van der Waals surface area (Å²) in [6, 6.07) is 0. The lowest BCUT2D eigenvalue weighted by molar-refractivity contribution is -0.134. The van der Waals surface area contributed by atoms with Crippen molar-refractivity contribution in [3.05, 3.63) is 0 Å². The summed E-state index contributed by atoms with van der Waals surface area (Å²) in [6.07, 6.45) is 1.38. The number of amides is 2. The molecule has 72 valence electrons. The molecule has 0 saturated carbocycles. The first-order valence-electron chi connectivity index (χ1n) is 4.96. The molecule has 0 aromatic heterocycles. The first-order chi connectivity index (χ1) is 6.11. The summed E-state index contributed by atoms with van der Waals surface area (Å²) in [6.45, 7) is 5.93. The fourth-order valence-corrected chi connectivity index (χ4v) is 1.77. The van der Waals surface area contributed by atoms with Crippen LogP contribution in [0.25, 0.3) is 0 Å². The largest absolute Gasteiger partial charge is 0.333 e. The van der Waals surface area contributed by atoms with Gasteiger partial charge < -0.3 is 4.81 Å². The quantitative estimate of drug-likeness (QED) is 0.477. The Morgan fingerprint density at radius 3 is 2.62 bits per heavy atom. The first-order valence-corrected chi connectivity index (χ1v) is 4.96. The molecule has 0 aromatic rings. The van der Waals surface area contributed by atoms with Gasteiger partial charge in [0.05, 0.1) is 0 Å². The highest BCUT2D eigenvalue weighted by molar-refractivity contribution is 6.42. The molecule has 0 N–H and O–H groups in total. The van der Waals surface area contributed by atoms with E-state index in [9.17, 15) is 9.59 Å². The van der Waals surface area contributed by atoms with E-state index in [-0.39, 0.29) is 17.7 Å². The fraction of sp³-hybridized carbons (Fsp3) is 0.778. The maximum Gasteiger partial charge on any atom is 0.246 e. The van der Waals surface area contributed by atoms with Crippen molar-refractivity contribution in [2.75, 3.05) is 0 Å². The number of rotatable bonds is 3. The number of nitrogens with zero attached hydrogens (tertiary/aromatic N) is 1. The number of carbonyl (C=O) groups excluding carboxylic acids is 2. The molecule has 1 aliphatic rings. The number of hydrogen-bond donors (Lipinski definition) is 0. The Kier molecular flexibility index (Phi) is 3.12. The molecule has 1 heterocycles. The third-order valence-electron chi connectivity index (χ3n) is 2.93. The van der Waals surface area contributed by atoms with E-state index in [0.29, 0.717) is 19.8 Å². The van der Waals surface area contributed by atoms with Crippen LogP contribution in [0.15, 0.2) is 0 Å². The lowest BCUT2D eigenvalue weighted by atomic mass is 9.89. The summed E-state index contributed by atoms with van der Waals surface area (Å²) < 4.78 is 0. The standard InChI is InChI=1S/C9H16BNO2/c1-4-6(2)7-5-8(12)11(10-3)9(7)13/h6-7,10H,4-5H2,1-3H3. The summed E-state index contributed by atoms with van der Waals surface area (Å²) in [5, 5.41) is 0. The van der Waals surface area contributed by atoms with Crippen LogP contribution in [-0.4, -0.2) is 24.0 Å². The molecule has 1 rings (SSSR count). The van der Waals surface area contributed by atoms with Gasteiger partial charge in [0.15, 0.2) is 0 Å². The second-order valence-electron chi connectivity index (χ2n) is 3.67. The van der Waals surface area contributed by atoms with Gasteiger partial charge in [-0.3, -0.25) is 9.59 Å². The minimum Gasteiger partial charge on any atom is -0.333 e. The summed E-state index contributed by atoms with van der Waals surface area (Å²) in [7, 11) is 0.518. The highest BCUT2D eigenvalue weighted by atomic mass is 16.2. The smallest absolute Gasteiger partial charge is 0.246 e. The van der Waals surface area contributed by atoms with Gasteiger partial charge >= 0.3 is 0 Å². The SMILES string of the molecule is CBN1C(=O)CC(C(C)CC)C1=O. The van der Waals surface area contributed by atoms with E-state index in [1.54, 1.807) is 0 Å². The summed E-state index contributed by atoms with van der Waals surface area (Å²) >= 11 is 0. The predicted octanol–water partition coefficient (Wildman–Crippen LogP) is 0.807. The Morgan fingerprint density at radius 1 is 1.62 bits per heavy atom. The van der Waals surface area contributed by atoms with Gasteiger partial charge in [-0.05, 0) is 5.92 Å². The molecule has 0 radical (unpaired) electrons. The van der Waals surface area contributed by atoms with Gasteiger partial charge in [0.25, 0.3) is 0 Å². The molecule has 4 heteroatoms. The van der Waals surface area contributed by atoms with Crippen LogP contribution in [0.4, 0.5) is 0 Å². The Morgan fingerprint density at radius 2 is 2.23 bits per heavy atom. The number of imide groups is 1. The second kappa shape index (κ2) is 3.94. The highest BCUT2D eigenvalue weighted by Gasteiger charge is 2.39. The molecule has 0 aromatic carbocycles. The van der Waals surface area contributed by atoms with Gasteiger partial charge in [-0.25, -0.2) is 0 Å². The lowest BCUT2D eigenvalue weighted by Gasteiger charge is -2.15. The van der Waals surface area contributed by atoms with Gasteiger partial charge in [0, 0.05) is 12.3 Å². The van der Waals surface area contributed by atoms with Crippen molar-refractivity contribution in [1.82, 2.24) is 4.81 Å². The summed E-state index contributed by atoms with van der Waals surface area (Å²) in [5.74, 6) is 0.296. The van der Waals surface area contributed by atoms with Crippen LogP contribution in [0, 0.1) is 11.8 Å². The third-order valence-corrected chi connectivity index (χ3v) is 2.93. The molecule has 2 amide bonds. The molecule has 13 heavy (non-hydrogen) atoms. The van der Waals surface area contributed by atoms with Crippen LogP contribution in [0.1, 0.15) is 26.7 Å². The Labute approximate surface area is 79.7 Å². The van der Waals surface area contributed by atoms with E-state index in [1.165, 1.54) is 4.81 Å². The molecule has 2 unspecified atom stereocenters. The van der Waals surface area contributed by atoms with Crippen molar-refractivity contribution < 1.29 is 9.59 Å². The molecule has 0 spiro atoms. The summed E-state index contributed by atoms with van der Waals surface area (Å²) in [4.78, 5) is 24.4. The van der Waals surface area contributed by atoms with E-state index >= 15 is 0 Å². The Hall–Kier alpha value is -0.795. The molecule has 1 saturated heterocycles. The maximum absolute atomic E-state index is 11.7. The number of hydrogen-bond acceptors (Lipinski definition) is 2. The number of carbonyl (C=O) groups is 2. The maximum atomic E-state index is 11.7. The summed E-state index contributed by atoms with van der Waals surface area (Å²) in [5.41, 5.74) is 0. The van der Waals surface area contributed by atoms with Gasteiger partial charge in [-0.2, -0.15) is 0 Å². The third kappa shape index (κ3) is 1.76. The van der Waals surface area contributed by atoms with Gasteiger partial charge in [-0.1, -0.05) is 27.1 Å². The minimum absolute atomic E-state index is 0.00204. The normalized spacial score (nSPS) is 25.2. The van der Waals surface area contributed by atoms with Crippen molar-refractivity contribution in [3.8, 4) is 0 Å². The Bertz CT molecular complexity index is 230. The molecule has 2 atom stereocenters. The minimum atomic E-state index is -0.0579. The molecule has 1 fully saturated rings. The lowest BCUT2D eigenvalue weighted by Crippen LogP contribution is -2.33. The average Bonchev–Trinajstić information content (AvgIpc) is 2.40.